The smallest absolute Gasteiger partial charge is 0.225 e. The zero-order valence-electron chi connectivity index (χ0n) is 18.7. The number of Topliss-reactive ketones (excluding diaryl/α,β-unsaturated/α-hetero) is 1. The summed E-state index contributed by atoms with van der Waals surface area (Å²) in [5.74, 6) is 0.247. The van der Waals surface area contributed by atoms with E-state index >= 15 is 0 Å². The van der Waals surface area contributed by atoms with E-state index < -0.39 is 0 Å². The number of carbonyl (C=O) groups excluding carboxylic acids is 2. The molecule has 2 aliphatic heterocycles. The summed E-state index contributed by atoms with van der Waals surface area (Å²) in [5, 5.41) is 12.4. The molecule has 9 heteroatoms. The number of carbonyl (C=O) groups is 2. The number of anilines is 4. The number of amides is 1. The number of pyridine rings is 1. The van der Waals surface area contributed by atoms with Gasteiger partial charge >= 0.3 is 0 Å². The van der Waals surface area contributed by atoms with Crippen LogP contribution in [-0.4, -0.2) is 57.1 Å². The van der Waals surface area contributed by atoms with Gasteiger partial charge in [0.05, 0.1) is 36.5 Å². The molecule has 1 N–H and O–H groups in total. The summed E-state index contributed by atoms with van der Waals surface area (Å²) in [6.45, 7) is 2.99. The number of nitrogens with zero attached hydrogens (tertiary/aromatic N) is 5. The molecule has 1 fully saturated rings. The van der Waals surface area contributed by atoms with E-state index in [1.165, 1.54) is 0 Å². The Kier molecular flexibility index (Phi) is 6.56. The fourth-order valence-electron chi connectivity index (χ4n) is 4.08. The van der Waals surface area contributed by atoms with Gasteiger partial charge in [-0.3, -0.25) is 9.59 Å². The van der Waals surface area contributed by atoms with Gasteiger partial charge in [-0.05, 0) is 24.3 Å². The number of aromatic nitrogens is 1. The van der Waals surface area contributed by atoms with Gasteiger partial charge in [0.2, 0.25) is 5.91 Å². The number of rotatable bonds is 6. The lowest BCUT2D eigenvalue weighted by Crippen LogP contribution is -2.36. The highest BCUT2D eigenvalue weighted by Gasteiger charge is 2.31. The first-order valence-corrected chi connectivity index (χ1v) is 10.8. The average Bonchev–Trinajstić information content (AvgIpc) is 3.10. The molecular weight excluding hydrogens is 420 g/mol. The minimum absolute atomic E-state index is 0.0371. The molecule has 1 aromatic carbocycles. The molecular formula is C24H26N6O3. The first-order chi connectivity index (χ1) is 16.0. The summed E-state index contributed by atoms with van der Waals surface area (Å²) < 4.78 is 5.35. The van der Waals surface area contributed by atoms with Crippen LogP contribution in [-0.2, 0) is 14.3 Å². The molecule has 170 valence electrons. The van der Waals surface area contributed by atoms with E-state index in [1.54, 1.807) is 12.3 Å². The van der Waals surface area contributed by atoms with Crippen LogP contribution in [0.4, 0.5) is 22.9 Å². The Balaban J connectivity index is 1.36. The van der Waals surface area contributed by atoms with Crippen molar-refractivity contribution in [3.05, 3.63) is 54.0 Å². The van der Waals surface area contributed by atoms with Crippen molar-refractivity contribution in [3.63, 3.8) is 0 Å². The second kappa shape index (κ2) is 9.71. The molecule has 33 heavy (non-hydrogen) atoms. The van der Waals surface area contributed by atoms with Gasteiger partial charge in [0.1, 0.15) is 23.3 Å². The number of nitrogens with one attached hydrogen (secondary N) is 1. The van der Waals surface area contributed by atoms with Crippen molar-refractivity contribution in [2.45, 2.75) is 12.8 Å². The number of para-hydroxylation sites is 2. The quantitative estimate of drug-likeness (QED) is 0.534. The van der Waals surface area contributed by atoms with E-state index in [2.05, 4.69) is 15.2 Å². The number of hydrogen-bond donors (Lipinski definition) is 1. The summed E-state index contributed by atoms with van der Waals surface area (Å²) in [4.78, 5) is 35.4. The maximum absolute atomic E-state index is 12.8. The number of morpholine rings is 1. The SMILES string of the molecule is CN1C(=C(C#N)C(=O)CCC(=O)Nc2ccc(N3CCOCC3)cn2)N(C)c2ccccc21. The van der Waals surface area contributed by atoms with E-state index in [9.17, 15) is 14.9 Å². The second-order valence-electron chi connectivity index (χ2n) is 7.89. The zero-order valence-corrected chi connectivity index (χ0v) is 18.7. The third-order valence-electron chi connectivity index (χ3n) is 5.82. The van der Waals surface area contributed by atoms with Crippen LogP contribution < -0.4 is 20.0 Å². The van der Waals surface area contributed by atoms with Crippen LogP contribution in [0.25, 0.3) is 0 Å². The highest BCUT2D eigenvalue weighted by atomic mass is 16.5. The molecule has 2 aromatic rings. The predicted molar refractivity (Wildman–Crippen MR) is 126 cm³/mol. The largest absolute Gasteiger partial charge is 0.378 e. The van der Waals surface area contributed by atoms with Gasteiger partial charge in [-0.25, -0.2) is 4.98 Å². The first-order valence-electron chi connectivity index (χ1n) is 10.8. The van der Waals surface area contributed by atoms with Gasteiger partial charge < -0.3 is 24.8 Å². The molecule has 0 spiro atoms. The van der Waals surface area contributed by atoms with Gasteiger partial charge in [-0.2, -0.15) is 5.26 Å². The Morgan fingerprint density at radius 1 is 1.06 bits per heavy atom. The first kappa shape index (κ1) is 22.3. The molecule has 0 aliphatic carbocycles. The van der Waals surface area contributed by atoms with Crippen molar-refractivity contribution in [1.29, 1.82) is 5.26 Å². The molecule has 0 saturated carbocycles. The molecule has 0 atom stereocenters. The maximum Gasteiger partial charge on any atom is 0.225 e. The van der Waals surface area contributed by atoms with Gasteiger partial charge in [0.15, 0.2) is 5.78 Å². The molecule has 9 nitrogen and oxygen atoms in total. The normalized spacial score (nSPS) is 15.2. The molecule has 4 rings (SSSR count). The van der Waals surface area contributed by atoms with Crippen LogP contribution >= 0.6 is 0 Å². The van der Waals surface area contributed by atoms with Crippen LogP contribution in [0.1, 0.15) is 12.8 Å². The van der Waals surface area contributed by atoms with Gasteiger partial charge in [-0.15, -0.1) is 0 Å². The number of allylic oxidation sites excluding steroid dienone is 1. The summed E-state index contributed by atoms with van der Waals surface area (Å²) >= 11 is 0. The van der Waals surface area contributed by atoms with Crippen LogP contribution in [0, 0.1) is 11.3 Å². The number of benzene rings is 1. The van der Waals surface area contributed by atoms with Crippen LogP contribution in [0.2, 0.25) is 0 Å². The number of ether oxygens (including phenoxy) is 1. The molecule has 1 aromatic heterocycles. The Morgan fingerprint density at radius 2 is 1.73 bits per heavy atom. The van der Waals surface area contributed by atoms with Gasteiger partial charge in [0.25, 0.3) is 0 Å². The molecule has 3 heterocycles. The molecule has 1 saturated heterocycles. The minimum Gasteiger partial charge on any atom is -0.378 e. The van der Waals surface area contributed by atoms with Crippen molar-refractivity contribution < 1.29 is 14.3 Å². The Morgan fingerprint density at radius 3 is 2.30 bits per heavy atom. The molecule has 0 bridgehead atoms. The summed E-state index contributed by atoms with van der Waals surface area (Å²) in [7, 11) is 3.64. The van der Waals surface area contributed by atoms with E-state index in [-0.39, 0.29) is 30.1 Å². The number of hydrogen-bond acceptors (Lipinski definition) is 8. The number of fused-ring (bicyclic) bond motifs is 1. The zero-order chi connectivity index (χ0) is 23.4. The monoisotopic (exact) mass is 446 g/mol. The van der Waals surface area contributed by atoms with E-state index in [0.717, 1.165) is 30.2 Å². The third kappa shape index (κ3) is 4.66. The lowest BCUT2D eigenvalue weighted by atomic mass is 10.1. The Bertz CT molecular complexity index is 1080. The molecule has 0 unspecified atom stereocenters. The van der Waals surface area contributed by atoms with E-state index in [0.29, 0.717) is 24.9 Å². The molecule has 2 aliphatic rings. The van der Waals surface area contributed by atoms with Crippen molar-refractivity contribution >= 4 is 34.6 Å². The highest BCUT2D eigenvalue weighted by Crippen LogP contribution is 2.40. The Hall–Kier alpha value is -3.90. The van der Waals surface area contributed by atoms with Crippen molar-refractivity contribution in [2.24, 2.45) is 0 Å². The summed E-state index contributed by atoms with van der Waals surface area (Å²) in [6.07, 6.45) is 1.61. The van der Waals surface area contributed by atoms with Gasteiger partial charge in [0, 0.05) is 40.0 Å². The molecule has 1 amide bonds. The molecule has 0 radical (unpaired) electrons. The lowest BCUT2D eigenvalue weighted by Gasteiger charge is -2.28. The van der Waals surface area contributed by atoms with Crippen molar-refractivity contribution in [3.8, 4) is 6.07 Å². The van der Waals surface area contributed by atoms with E-state index in [1.807, 2.05) is 60.3 Å². The van der Waals surface area contributed by atoms with Crippen LogP contribution in [0.5, 0.6) is 0 Å². The summed E-state index contributed by atoms with van der Waals surface area (Å²) in [5.41, 5.74) is 2.85. The van der Waals surface area contributed by atoms with Crippen molar-refractivity contribution in [2.75, 3.05) is 60.4 Å². The maximum atomic E-state index is 12.8. The van der Waals surface area contributed by atoms with Crippen LogP contribution in [0.3, 0.4) is 0 Å². The minimum atomic E-state index is -0.371. The summed E-state index contributed by atoms with van der Waals surface area (Å²) in [6, 6.07) is 13.4. The fraction of sp³-hybridized carbons (Fsp3) is 0.333. The van der Waals surface area contributed by atoms with Gasteiger partial charge in [-0.1, -0.05) is 12.1 Å². The predicted octanol–water partition coefficient (Wildman–Crippen LogP) is 2.53. The fourth-order valence-corrected chi connectivity index (χ4v) is 4.08. The standard InChI is InChI=1S/C24H26N6O3/c1-28-19-5-3-4-6-20(19)29(2)24(28)18(15-25)21(31)8-10-23(32)27-22-9-7-17(16-26-22)30-11-13-33-14-12-30/h3-7,9,16H,8,10-14H2,1-2H3,(H,26,27,32). The third-order valence-corrected chi connectivity index (χ3v) is 5.82. The number of nitriles is 1. The van der Waals surface area contributed by atoms with Crippen LogP contribution in [0.15, 0.2) is 54.0 Å². The van der Waals surface area contributed by atoms with E-state index in [4.69, 9.17) is 4.74 Å². The van der Waals surface area contributed by atoms with Crippen molar-refractivity contribution in [1.82, 2.24) is 4.98 Å². The average molecular weight is 447 g/mol. The lowest BCUT2D eigenvalue weighted by molar-refractivity contribution is -0.120. The Labute approximate surface area is 192 Å². The second-order valence-corrected chi connectivity index (χ2v) is 7.89. The topological polar surface area (TPSA) is 102 Å². The number of ketones is 1. The highest BCUT2D eigenvalue weighted by molar-refractivity contribution is 6.04.